The number of aliphatic hydroxyl groups is 1. The molecule has 0 bridgehead atoms. The lowest BCUT2D eigenvalue weighted by molar-refractivity contribution is -0.929. The average molecular weight is 745 g/mol. The minimum absolute atomic E-state index is 0. The Labute approximate surface area is 274 Å². The first-order valence-electron chi connectivity index (χ1n) is 13.7. The average Bonchev–Trinajstić information content (AvgIpc) is 3.52. The van der Waals surface area contributed by atoms with Gasteiger partial charge in [-0.3, -0.25) is 4.79 Å². The van der Waals surface area contributed by atoms with Crippen molar-refractivity contribution >= 4 is 45.4 Å². The number of fused-ring (bicyclic) bond motifs is 2. The molecule has 2 N–H and O–H groups in total. The summed E-state index contributed by atoms with van der Waals surface area (Å²) in [5, 5.41) is 21.3. The second-order valence-electron chi connectivity index (χ2n) is 11.5. The number of thiazole rings is 1. The predicted octanol–water partition coefficient (Wildman–Crippen LogP) is -3.30. The zero-order chi connectivity index (χ0) is 28.3. The molecule has 0 aliphatic carbocycles. The van der Waals surface area contributed by atoms with Crippen molar-refractivity contribution in [2.24, 2.45) is 11.8 Å². The van der Waals surface area contributed by atoms with Gasteiger partial charge in [0.05, 0.1) is 43.2 Å². The number of β-lactam (4-membered cyclic amide) rings is 1. The molecule has 1 aromatic carbocycles. The predicted molar refractivity (Wildman–Crippen MR) is 153 cm³/mol. The minimum atomic E-state index is -1.10. The molecule has 1 amide bonds. The summed E-state index contributed by atoms with van der Waals surface area (Å²) in [6.07, 6.45) is 5.28. The van der Waals surface area contributed by atoms with Crippen molar-refractivity contribution in [2.75, 3.05) is 39.6 Å². The number of ether oxygens (including phenoxy) is 1. The van der Waals surface area contributed by atoms with E-state index in [0.717, 1.165) is 58.6 Å². The van der Waals surface area contributed by atoms with Gasteiger partial charge >= 0.3 is 5.97 Å². The summed E-state index contributed by atoms with van der Waals surface area (Å²) in [5.41, 5.74) is 3.28. The number of nitrogens with zero attached hydrogens (tertiary/aromatic N) is 4. The molecule has 0 saturated carbocycles. The first-order chi connectivity index (χ1) is 19.1. The van der Waals surface area contributed by atoms with E-state index in [9.17, 15) is 19.8 Å². The van der Waals surface area contributed by atoms with Gasteiger partial charge in [-0.2, -0.15) is 4.40 Å². The van der Waals surface area contributed by atoms with Crippen molar-refractivity contribution in [3.8, 4) is 0 Å². The van der Waals surface area contributed by atoms with Gasteiger partial charge < -0.3 is 58.3 Å². The molecule has 0 spiro atoms. The monoisotopic (exact) mass is 742 g/mol. The number of benzene rings is 1. The number of quaternary nitrogens is 1. The number of hydrogen-bond donors (Lipinski definition) is 2. The number of carboxylic acids is 1. The van der Waals surface area contributed by atoms with E-state index in [4.69, 9.17) is 4.74 Å². The lowest BCUT2D eigenvalue weighted by Gasteiger charge is -2.46. The highest BCUT2D eigenvalue weighted by Gasteiger charge is 2.60. The van der Waals surface area contributed by atoms with Crippen LogP contribution in [0.1, 0.15) is 29.9 Å². The minimum Gasteiger partial charge on any atom is -1.00 e. The molecule has 2 fully saturated rings. The number of thioether (sulfide) groups is 1. The number of halogens is 2. The highest BCUT2D eigenvalue weighted by atomic mass is 79.9. The fourth-order valence-corrected chi connectivity index (χ4v) is 8.78. The van der Waals surface area contributed by atoms with E-state index >= 15 is 0 Å². The lowest BCUT2D eigenvalue weighted by Crippen LogP contribution is -3.00. The molecular weight excluding hydrogens is 708 g/mol. The molecular formula is C29H36Br2N4O5S2. The first kappa shape index (κ1) is 33.2. The summed E-state index contributed by atoms with van der Waals surface area (Å²) in [4.78, 5) is 28.3. The van der Waals surface area contributed by atoms with Gasteiger partial charge in [0.25, 0.3) is 6.33 Å². The number of amides is 1. The fraction of sp³-hybridized carbons (Fsp3) is 0.483. The number of likely N-dealkylation sites (N-methyl/N-ethyl adjacent to an activating group) is 1. The fourth-order valence-electron chi connectivity index (χ4n) is 6.60. The summed E-state index contributed by atoms with van der Waals surface area (Å²) in [6, 6.07) is 8.56. The van der Waals surface area contributed by atoms with Crippen LogP contribution in [0.5, 0.6) is 0 Å². The smallest absolute Gasteiger partial charge is 0.352 e. The zero-order valence-corrected chi connectivity index (χ0v) is 28.8. The number of aliphatic hydroxyl groups excluding tert-OH is 1. The number of hydrogen-bond acceptors (Lipinski definition) is 6. The molecule has 5 heterocycles. The van der Waals surface area contributed by atoms with E-state index in [0.29, 0.717) is 5.57 Å². The molecule has 3 aliphatic heterocycles. The highest BCUT2D eigenvalue weighted by molar-refractivity contribution is 7.98. The number of morpholine rings is 1. The van der Waals surface area contributed by atoms with Crippen molar-refractivity contribution < 1.29 is 67.6 Å². The Balaban J connectivity index is 0.00000202. The summed E-state index contributed by atoms with van der Waals surface area (Å²) < 4.78 is 10.8. The maximum Gasteiger partial charge on any atom is 0.352 e. The van der Waals surface area contributed by atoms with Crippen molar-refractivity contribution in [3.63, 3.8) is 0 Å². The summed E-state index contributed by atoms with van der Waals surface area (Å²) >= 11 is 3.22. The normalized spacial score (nSPS) is 23.7. The van der Waals surface area contributed by atoms with E-state index in [1.54, 1.807) is 30.0 Å². The van der Waals surface area contributed by atoms with Crippen LogP contribution in [0.3, 0.4) is 0 Å². The summed E-state index contributed by atoms with van der Waals surface area (Å²) in [6.45, 7) is 9.03. The van der Waals surface area contributed by atoms with Gasteiger partial charge in [0, 0.05) is 17.1 Å². The van der Waals surface area contributed by atoms with E-state index in [2.05, 4.69) is 52.9 Å². The van der Waals surface area contributed by atoms with Gasteiger partial charge in [-0.1, -0.05) is 54.3 Å². The second kappa shape index (κ2) is 12.7. The van der Waals surface area contributed by atoms with Gasteiger partial charge in [0.2, 0.25) is 15.8 Å². The molecule has 2 saturated heterocycles. The van der Waals surface area contributed by atoms with Crippen LogP contribution in [0.2, 0.25) is 0 Å². The molecule has 2 aromatic heterocycles. The number of rotatable bonds is 8. The molecule has 0 radical (unpaired) electrons. The molecule has 228 valence electrons. The third-order valence-corrected chi connectivity index (χ3v) is 10.8. The Bertz CT molecular complexity index is 1510. The quantitative estimate of drug-likeness (QED) is 0.109. The zero-order valence-electron chi connectivity index (χ0n) is 24.0. The largest absolute Gasteiger partial charge is 1.00 e. The van der Waals surface area contributed by atoms with E-state index in [1.165, 1.54) is 16.0 Å². The first-order valence-corrected chi connectivity index (χ1v) is 15.7. The third kappa shape index (κ3) is 5.62. The van der Waals surface area contributed by atoms with Crippen LogP contribution in [0.4, 0.5) is 0 Å². The Morgan fingerprint density at radius 2 is 1.86 bits per heavy atom. The van der Waals surface area contributed by atoms with E-state index in [1.807, 2.05) is 13.1 Å². The van der Waals surface area contributed by atoms with Crippen molar-refractivity contribution in [2.45, 2.75) is 44.1 Å². The molecule has 9 nitrogen and oxygen atoms in total. The van der Waals surface area contributed by atoms with E-state index < -0.39 is 18.0 Å². The molecule has 3 aliphatic rings. The van der Waals surface area contributed by atoms with Crippen LogP contribution in [-0.4, -0.2) is 87.6 Å². The highest BCUT2D eigenvalue weighted by Crippen LogP contribution is 2.51. The number of aliphatic carboxylic acids is 1. The van der Waals surface area contributed by atoms with Gasteiger partial charge in [-0.15, -0.1) is 0 Å². The van der Waals surface area contributed by atoms with Crippen LogP contribution in [0.15, 0.2) is 47.5 Å². The van der Waals surface area contributed by atoms with Crippen molar-refractivity contribution in [1.29, 1.82) is 0 Å². The maximum absolute atomic E-state index is 12.8. The van der Waals surface area contributed by atoms with E-state index in [-0.39, 0.29) is 57.5 Å². The number of carboxylic acid groups (broad SMARTS) is 1. The molecule has 13 heteroatoms. The summed E-state index contributed by atoms with van der Waals surface area (Å²) in [7, 11) is 2.30. The van der Waals surface area contributed by atoms with Crippen LogP contribution in [0.25, 0.3) is 10.4 Å². The van der Waals surface area contributed by atoms with Crippen molar-refractivity contribution in [3.05, 3.63) is 58.5 Å². The van der Waals surface area contributed by atoms with Gasteiger partial charge in [0.1, 0.15) is 38.1 Å². The van der Waals surface area contributed by atoms with Crippen molar-refractivity contribution in [1.82, 2.24) is 9.30 Å². The van der Waals surface area contributed by atoms with Gasteiger partial charge in [-0.25, -0.2) is 9.36 Å². The third-order valence-electron chi connectivity index (χ3n) is 8.73. The SMILES string of the molecule is CSc1c2sc(C3=C(C(=O)O)N4C(=O)[C@H]([C@@H](C)O)[C@H]4[C@H]3C)cn2c[n+]1Cc1ccc(C[N+]2(C)CCOCC2)cc1.[Br-].[Br-]. The molecule has 42 heavy (non-hydrogen) atoms. The number of carbonyl (C=O) groups is 2. The van der Waals surface area contributed by atoms with Crippen LogP contribution >= 0.6 is 23.1 Å². The lowest BCUT2D eigenvalue weighted by atomic mass is 9.77. The molecule has 4 atom stereocenters. The Hall–Kier alpha value is -1.74. The standard InChI is InChI=1S/C29H35N4O5S2.2BrH/c1-17-22(25(29(36)37)32-24(17)23(18(2)34)26(32)35)21-14-31-16-30(27(39-4)28(31)40-21)13-19-5-7-20(8-6-19)15-33(3)9-11-38-12-10-33;;/h5-8,14,16-18,23-24,34H,9-13,15H2,1-4H3;2*1H/q+1;;/p-1/t17-,18+,23+,24+;;/m0../s1. The molecule has 3 aromatic rings. The molecule has 0 unspecified atom stereocenters. The number of imidazole rings is 1. The number of carbonyl (C=O) groups excluding carboxylic acids is 1. The number of aromatic nitrogens is 2. The van der Waals surface area contributed by atoms with Gasteiger partial charge in [0.15, 0.2) is 0 Å². The topological polar surface area (TPSA) is 95.4 Å². The maximum atomic E-state index is 12.8. The van der Waals surface area contributed by atoms with Crippen LogP contribution < -0.4 is 38.5 Å². The Kier molecular flexibility index (Phi) is 10.0. The Morgan fingerprint density at radius 3 is 2.45 bits per heavy atom. The second-order valence-corrected chi connectivity index (χ2v) is 13.4. The van der Waals surface area contributed by atoms with Crippen LogP contribution in [-0.2, 0) is 27.4 Å². The van der Waals surface area contributed by atoms with Crippen LogP contribution in [0, 0.1) is 11.8 Å². The molecule has 6 rings (SSSR count). The summed E-state index contributed by atoms with van der Waals surface area (Å²) in [5.74, 6) is -2.16. The van der Waals surface area contributed by atoms with Gasteiger partial charge in [-0.05, 0) is 18.7 Å². The Morgan fingerprint density at radius 1 is 1.21 bits per heavy atom.